The molecule has 0 fully saturated rings. The van der Waals surface area contributed by atoms with E-state index in [2.05, 4.69) is 6.07 Å². The van der Waals surface area contributed by atoms with Gasteiger partial charge >= 0.3 is 6.18 Å². The van der Waals surface area contributed by atoms with Crippen LogP contribution >= 0.6 is 0 Å². The molecular formula is C30H29F3O8S2Y-2. The van der Waals surface area contributed by atoms with E-state index in [1.165, 1.54) is 19.1 Å². The minimum Gasteiger partial charge on any atom is -0.751 e. The van der Waals surface area contributed by atoms with Crippen LogP contribution in [-0.4, -0.2) is 37.9 Å². The fourth-order valence-corrected chi connectivity index (χ4v) is 6.65. The minimum absolute atomic E-state index is 0. The van der Waals surface area contributed by atoms with Crippen LogP contribution in [0.1, 0.15) is 73.1 Å². The fraction of sp³-hybridized carbons (Fsp3) is 0.300. The Labute approximate surface area is 279 Å². The second-order valence-electron chi connectivity index (χ2n) is 9.43. The zero-order valence-corrected chi connectivity index (χ0v) is 29.0. The number of hydrogen-bond donors (Lipinski definition) is 1. The molecule has 3 aromatic rings. The molecule has 0 atom stereocenters. The molecule has 0 amide bonds. The standard InChI is InChI=1S/C28H24F3O8S2.C2H6.Y/c1-4-7-18-15(2)14-22-23(20-9-6-5-8-19(20)16(3)32)21-11-10-17(12-13-28(29,30)31)26(40(33,34)35)24(21)39-25(22)27(18)41(36,37)38;1-2;/h5-6,8-9,11-12,14H,4,7,13H2,1-3H3,(H,33,34,35)(H,36,37,38);1-2H3;/q-1;;/p-1/b17-12+;;. The van der Waals surface area contributed by atoms with E-state index in [-0.39, 0.29) is 72.2 Å². The number of aryl methyl sites for hydroxylation is 1. The van der Waals surface area contributed by atoms with Crippen LogP contribution in [0.4, 0.5) is 13.2 Å². The van der Waals surface area contributed by atoms with Gasteiger partial charge in [-0.3, -0.25) is 9.35 Å². The Morgan fingerprint density at radius 3 is 2.20 bits per heavy atom. The number of carbonyl (C=O) groups is 1. The fourth-order valence-electron chi connectivity index (χ4n) is 4.90. The summed E-state index contributed by atoms with van der Waals surface area (Å²) in [7, 11) is -10.6. The van der Waals surface area contributed by atoms with Gasteiger partial charge in [-0.15, -0.1) is 23.4 Å². The van der Waals surface area contributed by atoms with Crippen LogP contribution in [0, 0.1) is 13.0 Å². The number of benzene rings is 3. The Bertz CT molecular complexity index is 1940. The quantitative estimate of drug-likeness (QED) is 0.156. The molecule has 0 aromatic heterocycles. The van der Waals surface area contributed by atoms with Gasteiger partial charge in [-0.1, -0.05) is 56.7 Å². The van der Waals surface area contributed by atoms with Crippen molar-refractivity contribution in [3.63, 3.8) is 0 Å². The van der Waals surface area contributed by atoms with Crippen molar-refractivity contribution in [2.45, 2.75) is 69.8 Å². The Morgan fingerprint density at radius 2 is 1.68 bits per heavy atom. The van der Waals surface area contributed by atoms with Crippen molar-refractivity contribution < 1.29 is 81.4 Å². The van der Waals surface area contributed by atoms with Gasteiger partial charge in [0.2, 0.25) is 0 Å². The van der Waals surface area contributed by atoms with Crippen LogP contribution in [0.3, 0.4) is 0 Å². The smallest absolute Gasteiger partial charge is 0.384 e. The van der Waals surface area contributed by atoms with Crippen molar-refractivity contribution in [2.75, 3.05) is 0 Å². The maximum atomic E-state index is 13.0. The molecule has 8 nitrogen and oxygen atoms in total. The molecule has 0 spiro atoms. The maximum absolute atomic E-state index is 13.0. The molecule has 1 radical (unpaired) electrons. The number of fused-ring (bicyclic) bond motifs is 2. The van der Waals surface area contributed by atoms with E-state index in [0.717, 1.165) is 6.07 Å². The van der Waals surface area contributed by atoms with E-state index < -0.39 is 65.1 Å². The van der Waals surface area contributed by atoms with Gasteiger partial charge in [-0.05, 0) is 48.6 Å². The molecule has 1 aliphatic heterocycles. The molecule has 44 heavy (non-hydrogen) atoms. The van der Waals surface area contributed by atoms with E-state index in [9.17, 15) is 43.9 Å². The predicted molar refractivity (Wildman–Crippen MR) is 152 cm³/mol. The molecule has 0 bridgehead atoms. The van der Waals surface area contributed by atoms with Crippen LogP contribution in [0.5, 0.6) is 11.5 Å². The van der Waals surface area contributed by atoms with Crippen LogP contribution in [0.15, 0.2) is 46.2 Å². The van der Waals surface area contributed by atoms with E-state index in [1.807, 2.05) is 13.8 Å². The third-order valence-corrected chi connectivity index (χ3v) is 8.35. The van der Waals surface area contributed by atoms with Gasteiger partial charge in [-0.2, -0.15) is 21.6 Å². The van der Waals surface area contributed by atoms with Gasteiger partial charge in [0.1, 0.15) is 4.90 Å². The Hall–Kier alpha value is -2.42. The van der Waals surface area contributed by atoms with Crippen molar-refractivity contribution in [3.05, 3.63) is 80.7 Å². The molecule has 1 N–H and O–H groups in total. The van der Waals surface area contributed by atoms with Crippen molar-refractivity contribution in [1.82, 2.24) is 0 Å². The van der Waals surface area contributed by atoms with Crippen LogP contribution in [0.2, 0.25) is 0 Å². The van der Waals surface area contributed by atoms with Gasteiger partial charge in [0, 0.05) is 55.2 Å². The van der Waals surface area contributed by atoms with Gasteiger partial charge in [0.15, 0.2) is 11.5 Å². The molecule has 14 heteroatoms. The van der Waals surface area contributed by atoms with Crippen LogP contribution in [-0.2, 0) is 59.4 Å². The summed E-state index contributed by atoms with van der Waals surface area (Å²) in [4.78, 5) is 10.7. The molecule has 0 saturated heterocycles. The molecule has 0 aliphatic carbocycles. The summed E-state index contributed by atoms with van der Waals surface area (Å²) in [6.45, 7) is 8.62. The predicted octanol–water partition coefficient (Wildman–Crippen LogP) is 5.21. The number of Topliss-reactive ketones (excluding diaryl/α,β-unsaturated/α-hetero) is 1. The van der Waals surface area contributed by atoms with E-state index in [1.54, 1.807) is 32.0 Å². The zero-order valence-electron chi connectivity index (χ0n) is 24.5. The Balaban J connectivity index is 0.00000220. The van der Waals surface area contributed by atoms with Gasteiger partial charge in [0.25, 0.3) is 10.1 Å². The summed E-state index contributed by atoms with van der Waals surface area (Å²) in [5.74, 6) is -1.68. The maximum Gasteiger partial charge on any atom is 0.384 e. The molecule has 0 unspecified atom stereocenters. The number of hydrogen-bond acceptors (Lipinski definition) is 7. The molecule has 1 heterocycles. The summed E-state index contributed by atoms with van der Waals surface area (Å²) < 4.78 is 118. The van der Waals surface area contributed by atoms with Gasteiger partial charge in [0.05, 0.1) is 15.9 Å². The molecule has 1 aliphatic rings. The first-order chi connectivity index (χ1) is 20.0. The molecule has 0 saturated carbocycles. The number of alkyl halides is 3. The summed E-state index contributed by atoms with van der Waals surface area (Å²) in [5, 5.41) is -0.860. The number of halogens is 3. The first kappa shape index (κ1) is 37.8. The first-order valence-electron chi connectivity index (χ1n) is 13.2. The van der Waals surface area contributed by atoms with Crippen molar-refractivity contribution in [2.24, 2.45) is 0 Å². The third kappa shape index (κ3) is 7.86. The number of carbonyl (C=O) groups excluding carboxylic acids is 1. The molecule has 3 aromatic carbocycles. The monoisotopic (exact) mass is 727 g/mol. The second kappa shape index (κ2) is 14.3. The third-order valence-electron chi connectivity index (χ3n) is 6.49. The Morgan fingerprint density at radius 1 is 1.07 bits per heavy atom. The topological polar surface area (TPSA) is 138 Å². The van der Waals surface area contributed by atoms with Crippen LogP contribution in [0.25, 0.3) is 11.6 Å². The SMILES string of the molecule is CC.CCCc1c(C)cc2c(c1S(=O)(=O)O)Oc1c(S(=O)(=O)[O-])/c(=C/CC(F)(F)F)[c-]cc1=C2c1ccccc1C(C)=O.[Y]. The largest absolute Gasteiger partial charge is 0.751 e. The molecule has 4 rings (SSSR count). The van der Waals surface area contributed by atoms with Crippen molar-refractivity contribution in [1.29, 1.82) is 0 Å². The number of ether oxygens (including phenoxy) is 1. The second-order valence-corrected chi connectivity index (χ2v) is 12.1. The minimum atomic E-state index is -5.55. The van der Waals surface area contributed by atoms with Gasteiger partial charge in [-0.25, -0.2) is 8.42 Å². The summed E-state index contributed by atoms with van der Waals surface area (Å²) in [6.07, 6.45) is -5.29. The summed E-state index contributed by atoms with van der Waals surface area (Å²) in [6, 6.07) is 11.2. The molecule has 235 valence electrons. The molecular weight excluding hydrogens is 698 g/mol. The average molecular weight is 728 g/mol. The normalized spacial score (nSPS) is 13.1. The number of ketones is 1. The van der Waals surface area contributed by atoms with Crippen molar-refractivity contribution in [3.8, 4) is 11.5 Å². The zero-order chi connectivity index (χ0) is 32.5. The first-order valence-corrected chi connectivity index (χ1v) is 16.0. The van der Waals surface area contributed by atoms with E-state index in [0.29, 0.717) is 18.1 Å². The summed E-state index contributed by atoms with van der Waals surface area (Å²) >= 11 is 0. The van der Waals surface area contributed by atoms with Gasteiger partial charge < -0.3 is 9.29 Å². The van der Waals surface area contributed by atoms with E-state index >= 15 is 0 Å². The van der Waals surface area contributed by atoms with E-state index in [4.69, 9.17) is 4.74 Å². The van der Waals surface area contributed by atoms with Crippen molar-refractivity contribution >= 4 is 37.7 Å². The Kier molecular flexibility index (Phi) is 12.3. The average Bonchev–Trinajstić information content (AvgIpc) is 2.90. The number of rotatable bonds is 7. The van der Waals surface area contributed by atoms with Crippen LogP contribution < -0.4 is 15.2 Å². The summed E-state index contributed by atoms with van der Waals surface area (Å²) in [5.41, 5.74) is 1.04.